The van der Waals surface area contributed by atoms with Gasteiger partial charge in [0.05, 0.1) is 6.61 Å². The first-order valence-electron chi connectivity index (χ1n) is 5.64. The Labute approximate surface area is 102 Å². The Morgan fingerprint density at radius 1 is 1.35 bits per heavy atom. The molecule has 0 saturated heterocycles. The third-order valence-electron chi connectivity index (χ3n) is 2.12. The van der Waals surface area contributed by atoms with Crippen molar-refractivity contribution in [2.45, 2.75) is 33.7 Å². The highest BCUT2D eigenvalue weighted by Gasteiger charge is 2.32. The lowest BCUT2D eigenvalue weighted by atomic mass is 9.87. The van der Waals surface area contributed by atoms with Crippen LogP contribution < -0.4 is 10.6 Å². The van der Waals surface area contributed by atoms with Crippen LogP contribution in [0.25, 0.3) is 0 Å². The van der Waals surface area contributed by atoms with Crippen molar-refractivity contribution in [1.82, 2.24) is 10.6 Å². The highest BCUT2D eigenvalue weighted by Crippen LogP contribution is 2.19. The van der Waals surface area contributed by atoms with Gasteiger partial charge in [-0.25, -0.2) is 9.59 Å². The molecule has 0 aliphatic rings. The molecule has 0 aromatic rings. The van der Waals surface area contributed by atoms with E-state index < -0.39 is 23.5 Å². The number of rotatable bonds is 6. The van der Waals surface area contributed by atoms with Crippen molar-refractivity contribution in [3.8, 4) is 0 Å². The van der Waals surface area contributed by atoms with Crippen LogP contribution in [-0.4, -0.2) is 42.9 Å². The van der Waals surface area contributed by atoms with E-state index in [0.717, 1.165) is 0 Å². The second kappa shape index (κ2) is 7.11. The Balaban J connectivity index is 4.11. The van der Waals surface area contributed by atoms with Crippen molar-refractivity contribution in [1.29, 1.82) is 0 Å². The molecule has 3 N–H and O–H groups in total. The summed E-state index contributed by atoms with van der Waals surface area (Å²) in [6, 6.07) is -1.42. The second-order valence-electron chi connectivity index (χ2n) is 4.73. The van der Waals surface area contributed by atoms with Crippen molar-refractivity contribution >= 4 is 12.0 Å². The molecule has 100 valence electrons. The van der Waals surface area contributed by atoms with Gasteiger partial charge in [0.15, 0.2) is 0 Å². The number of ether oxygens (including phenoxy) is 1. The quantitative estimate of drug-likeness (QED) is 0.605. The summed E-state index contributed by atoms with van der Waals surface area (Å²) in [4.78, 5) is 22.4. The van der Waals surface area contributed by atoms with Gasteiger partial charge in [0, 0.05) is 13.2 Å². The van der Waals surface area contributed by atoms with Crippen molar-refractivity contribution in [2.75, 3.05) is 19.8 Å². The molecule has 6 nitrogen and oxygen atoms in total. The maximum absolute atomic E-state index is 11.4. The largest absolute Gasteiger partial charge is 0.480 e. The van der Waals surface area contributed by atoms with Gasteiger partial charge in [-0.05, 0) is 12.3 Å². The molecule has 2 amide bonds. The zero-order valence-corrected chi connectivity index (χ0v) is 10.9. The summed E-state index contributed by atoms with van der Waals surface area (Å²) in [6.07, 6.45) is 0. The van der Waals surface area contributed by atoms with Crippen LogP contribution >= 0.6 is 0 Å². The number of nitrogens with one attached hydrogen (secondary N) is 2. The van der Waals surface area contributed by atoms with E-state index in [1.807, 2.05) is 6.92 Å². The predicted molar refractivity (Wildman–Crippen MR) is 63.9 cm³/mol. The minimum Gasteiger partial charge on any atom is -0.480 e. The minimum atomic E-state index is -1.04. The highest BCUT2D eigenvalue weighted by atomic mass is 16.5. The van der Waals surface area contributed by atoms with Crippen LogP contribution in [0.15, 0.2) is 0 Å². The molecule has 6 heteroatoms. The van der Waals surface area contributed by atoms with Crippen LogP contribution in [0.2, 0.25) is 0 Å². The molecule has 0 heterocycles. The van der Waals surface area contributed by atoms with E-state index in [1.54, 1.807) is 20.8 Å². The van der Waals surface area contributed by atoms with Crippen LogP contribution in [0.3, 0.4) is 0 Å². The summed E-state index contributed by atoms with van der Waals surface area (Å²) in [5.74, 6) is -1.04. The molecule has 17 heavy (non-hydrogen) atoms. The molecular weight excluding hydrogens is 224 g/mol. The number of hydrogen-bond acceptors (Lipinski definition) is 3. The summed E-state index contributed by atoms with van der Waals surface area (Å²) >= 11 is 0. The molecule has 0 rings (SSSR count). The van der Waals surface area contributed by atoms with Gasteiger partial charge in [-0.2, -0.15) is 0 Å². The maximum Gasteiger partial charge on any atom is 0.326 e. The Bertz CT molecular complexity index is 261. The third kappa shape index (κ3) is 6.78. The molecule has 0 aliphatic heterocycles. The van der Waals surface area contributed by atoms with Gasteiger partial charge >= 0.3 is 12.0 Å². The molecule has 0 spiro atoms. The van der Waals surface area contributed by atoms with E-state index in [9.17, 15) is 9.59 Å². The number of aliphatic carboxylic acids is 1. The zero-order chi connectivity index (χ0) is 13.5. The lowest BCUT2D eigenvalue weighted by Crippen LogP contribution is -2.52. The average Bonchev–Trinajstić information content (AvgIpc) is 2.19. The van der Waals surface area contributed by atoms with Gasteiger partial charge in [0.1, 0.15) is 6.04 Å². The standard InChI is InChI=1S/C11H22N2O4/c1-5-17-7-6-12-10(16)13-8(9(14)15)11(2,3)4/h8H,5-7H2,1-4H3,(H,14,15)(H2,12,13,16)/t8-/m0/s1. The molecule has 0 bridgehead atoms. The number of carboxylic acid groups (broad SMARTS) is 1. The Hall–Kier alpha value is -1.30. The lowest BCUT2D eigenvalue weighted by molar-refractivity contribution is -0.141. The fourth-order valence-corrected chi connectivity index (χ4v) is 1.21. The van der Waals surface area contributed by atoms with E-state index >= 15 is 0 Å². The average molecular weight is 246 g/mol. The van der Waals surface area contributed by atoms with Crippen LogP contribution in [0.4, 0.5) is 4.79 Å². The number of urea groups is 1. The molecule has 1 atom stereocenters. The number of hydrogen-bond donors (Lipinski definition) is 3. The fraction of sp³-hybridized carbons (Fsp3) is 0.818. The van der Waals surface area contributed by atoms with Crippen LogP contribution in [0.5, 0.6) is 0 Å². The molecule has 0 saturated carbocycles. The molecule has 0 radical (unpaired) electrons. The van der Waals surface area contributed by atoms with E-state index in [0.29, 0.717) is 19.8 Å². The summed E-state index contributed by atoms with van der Waals surface area (Å²) in [5.41, 5.74) is -0.539. The van der Waals surface area contributed by atoms with Crippen molar-refractivity contribution in [2.24, 2.45) is 5.41 Å². The molecule has 0 aromatic heterocycles. The summed E-state index contributed by atoms with van der Waals surface area (Å²) < 4.78 is 5.04. The van der Waals surface area contributed by atoms with E-state index in [1.165, 1.54) is 0 Å². The van der Waals surface area contributed by atoms with Crippen molar-refractivity contribution in [3.05, 3.63) is 0 Å². The van der Waals surface area contributed by atoms with Crippen molar-refractivity contribution < 1.29 is 19.4 Å². The lowest BCUT2D eigenvalue weighted by Gasteiger charge is -2.27. The number of amides is 2. The van der Waals surface area contributed by atoms with Gasteiger partial charge < -0.3 is 20.5 Å². The van der Waals surface area contributed by atoms with Crippen molar-refractivity contribution in [3.63, 3.8) is 0 Å². The topological polar surface area (TPSA) is 87.7 Å². The molecule has 0 aliphatic carbocycles. The normalized spacial score (nSPS) is 12.9. The number of carbonyl (C=O) groups is 2. The van der Waals surface area contributed by atoms with Crippen LogP contribution in [0.1, 0.15) is 27.7 Å². The highest BCUT2D eigenvalue weighted by molar-refractivity contribution is 5.83. The molecule has 0 unspecified atom stereocenters. The van der Waals surface area contributed by atoms with E-state index in [-0.39, 0.29) is 0 Å². The SMILES string of the molecule is CCOCCNC(=O)N[C@@H](C(=O)O)C(C)(C)C. The first-order valence-corrected chi connectivity index (χ1v) is 5.64. The Morgan fingerprint density at radius 3 is 2.35 bits per heavy atom. The van der Waals surface area contributed by atoms with Gasteiger partial charge in [-0.3, -0.25) is 0 Å². The van der Waals surface area contributed by atoms with Gasteiger partial charge in [-0.15, -0.1) is 0 Å². The first-order chi connectivity index (χ1) is 7.79. The minimum absolute atomic E-state index is 0.357. The summed E-state index contributed by atoms with van der Waals surface area (Å²) in [6.45, 7) is 8.49. The number of carbonyl (C=O) groups excluding carboxylic acids is 1. The summed E-state index contributed by atoms with van der Waals surface area (Å²) in [7, 11) is 0. The smallest absolute Gasteiger partial charge is 0.326 e. The van der Waals surface area contributed by atoms with Crippen LogP contribution in [-0.2, 0) is 9.53 Å². The monoisotopic (exact) mass is 246 g/mol. The predicted octanol–water partition coefficient (Wildman–Crippen LogP) is 0.821. The van der Waals surface area contributed by atoms with Crippen LogP contribution in [0, 0.1) is 5.41 Å². The molecular formula is C11H22N2O4. The maximum atomic E-state index is 11.4. The van der Waals surface area contributed by atoms with Gasteiger partial charge in [-0.1, -0.05) is 20.8 Å². The Morgan fingerprint density at radius 2 is 1.94 bits per heavy atom. The zero-order valence-electron chi connectivity index (χ0n) is 10.9. The van der Waals surface area contributed by atoms with E-state index in [4.69, 9.17) is 9.84 Å². The first kappa shape index (κ1) is 15.7. The fourth-order valence-electron chi connectivity index (χ4n) is 1.21. The molecule has 0 fully saturated rings. The van der Waals surface area contributed by atoms with Gasteiger partial charge in [0.2, 0.25) is 0 Å². The molecule has 0 aromatic carbocycles. The third-order valence-corrected chi connectivity index (χ3v) is 2.12. The van der Waals surface area contributed by atoms with E-state index in [2.05, 4.69) is 10.6 Å². The second-order valence-corrected chi connectivity index (χ2v) is 4.73. The van der Waals surface area contributed by atoms with Gasteiger partial charge in [0.25, 0.3) is 0 Å². The number of carboxylic acids is 1. The Kier molecular flexibility index (Phi) is 6.57. The summed E-state index contributed by atoms with van der Waals surface area (Å²) in [5, 5.41) is 14.0.